The molecule has 6 nitrogen and oxygen atoms in total. The molecule has 0 aliphatic carbocycles. The molecular weight excluding hydrogens is 564 g/mol. The maximum atomic E-state index is 6.29. The number of rotatable bonds is 14. The van der Waals surface area contributed by atoms with Gasteiger partial charge in [0.15, 0.2) is 0 Å². The number of ether oxygens (including phenoxy) is 6. The lowest BCUT2D eigenvalue weighted by atomic mass is 9.78. The number of epoxide rings is 2. The molecule has 4 aromatic carbocycles. The minimum Gasteiger partial charge on any atom is -0.491 e. The summed E-state index contributed by atoms with van der Waals surface area (Å²) in [6, 6.07) is 33.2. The molecule has 2 fully saturated rings. The van der Waals surface area contributed by atoms with Gasteiger partial charge >= 0.3 is 0 Å². The van der Waals surface area contributed by atoms with E-state index in [0.29, 0.717) is 13.2 Å². The average molecular weight is 609 g/mol. The lowest BCUT2D eigenvalue weighted by Crippen LogP contribution is -2.35. The van der Waals surface area contributed by atoms with Crippen LogP contribution in [0.25, 0.3) is 0 Å². The summed E-state index contributed by atoms with van der Waals surface area (Å²) >= 11 is 0. The molecular formula is C39H44O6. The first kappa shape index (κ1) is 31.0. The highest BCUT2D eigenvalue weighted by atomic mass is 16.7. The predicted octanol–water partition coefficient (Wildman–Crippen LogP) is 8.09. The molecule has 0 amide bonds. The van der Waals surface area contributed by atoms with Gasteiger partial charge in [-0.3, -0.25) is 0 Å². The third-order valence-corrected chi connectivity index (χ3v) is 8.71. The van der Waals surface area contributed by atoms with Gasteiger partial charge in [-0.25, -0.2) is 0 Å². The highest BCUT2D eigenvalue weighted by molar-refractivity contribution is 5.43. The highest BCUT2D eigenvalue weighted by Gasteiger charge is 2.28. The van der Waals surface area contributed by atoms with Crippen LogP contribution < -0.4 is 18.9 Å². The fraction of sp³-hybridized carbons (Fsp3) is 0.385. The molecule has 0 saturated carbocycles. The zero-order valence-corrected chi connectivity index (χ0v) is 27.2. The van der Waals surface area contributed by atoms with Gasteiger partial charge in [-0.2, -0.15) is 0 Å². The summed E-state index contributed by atoms with van der Waals surface area (Å²) in [5, 5.41) is 0. The molecule has 4 aromatic rings. The summed E-state index contributed by atoms with van der Waals surface area (Å²) < 4.78 is 34.7. The molecule has 6 heteroatoms. The Hall–Kier alpha value is -4.00. The van der Waals surface area contributed by atoms with Gasteiger partial charge in [0.1, 0.15) is 48.4 Å². The Morgan fingerprint density at radius 2 is 0.733 bits per heavy atom. The van der Waals surface area contributed by atoms with E-state index in [1.54, 1.807) is 0 Å². The average Bonchev–Trinajstić information content (AvgIpc) is 3.96. The summed E-state index contributed by atoms with van der Waals surface area (Å²) in [6.45, 7) is 15.6. The van der Waals surface area contributed by atoms with Crippen LogP contribution in [0.5, 0.6) is 23.0 Å². The lowest BCUT2D eigenvalue weighted by Gasteiger charge is -2.30. The fourth-order valence-corrected chi connectivity index (χ4v) is 5.44. The topological polar surface area (TPSA) is 62.0 Å². The Kier molecular flexibility index (Phi) is 8.55. The molecule has 2 aliphatic heterocycles. The lowest BCUT2D eigenvalue weighted by molar-refractivity contribution is -0.0809. The molecule has 0 aromatic heterocycles. The highest BCUT2D eigenvalue weighted by Crippen LogP contribution is 2.36. The Morgan fingerprint density at radius 3 is 1.00 bits per heavy atom. The second-order valence-electron chi connectivity index (χ2n) is 13.5. The third kappa shape index (κ3) is 7.81. The van der Waals surface area contributed by atoms with E-state index in [1.165, 1.54) is 22.3 Å². The van der Waals surface area contributed by atoms with Crippen molar-refractivity contribution in [3.05, 3.63) is 119 Å². The van der Waals surface area contributed by atoms with Gasteiger partial charge in [-0.15, -0.1) is 0 Å². The first-order chi connectivity index (χ1) is 21.5. The van der Waals surface area contributed by atoms with Crippen molar-refractivity contribution in [1.29, 1.82) is 0 Å². The number of hydrogen-bond donors (Lipinski definition) is 0. The molecule has 0 spiro atoms. The van der Waals surface area contributed by atoms with E-state index in [1.807, 2.05) is 62.4 Å². The Bertz CT molecular complexity index is 1430. The van der Waals surface area contributed by atoms with Crippen molar-refractivity contribution < 1.29 is 28.4 Å². The van der Waals surface area contributed by atoms with Gasteiger partial charge < -0.3 is 28.4 Å². The summed E-state index contributed by atoms with van der Waals surface area (Å²) in [5.41, 5.74) is 4.46. The van der Waals surface area contributed by atoms with E-state index >= 15 is 0 Å². The maximum Gasteiger partial charge on any atom is 0.245 e. The molecule has 2 atom stereocenters. The van der Waals surface area contributed by atoms with Crippen LogP contribution in [0.3, 0.4) is 0 Å². The zero-order chi connectivity index (χ0) is 31.7. The Morgan fingerprint density at radius 1 is 0.467 bits per heavy atom. The largest absolute Gasteiger partial charge is 0.491 e. The van der Waals surface area contributed by atoms with E-state index in [9.17, 15) is 0 Å². The van der Waals surface area contributed by atoms with Crippen LogP contribution in [0.15, 0.2) is 97.1 Å². The summed E-state index contributed by atoms with van der Waals surface area (Å²) in [5.74, 6) is 2.37. The van der Waals surface area contributed by atoms with Crippen molar-refractivity contribution in [2.75, 3.05) is 26.4 Å². The summed E-state index contributed by atoms with van der Waals surface area (Å²) in [6.07, 6.45) is 0.497. The monoisotopic (exact) mass is 608 g/mol. The predicted molar refractivity (Wildman–Crippen MR) is 176 cm³/mol. The molecule has 0 radical (unpaired) electrons. The second kappa shape index (κ2) is 12.4. The van der Waals surface area contributed by atoms with Gasteiger partial charge in [0.2, 0.25) is 5.79 Å². The van der Waals surface area contributed by atoms with E-state index in [2.05, 4.69) is 76.2 Å². The van der Waals surface area contributed by atoms with Crippen molar-refractivity contribution in [2.24, 2.45) is 0 Å². The van der Waals surface area contributed by atoms with Gasteiger partial charge in [0, 0.05) is 24.7 Å². The van der Waals surface area contributed by atoms with Crippen molar-refractivity contribution in [3.63, 3.8) is 0 Å². The molecule has 2 aliphatic rings. The van der Waals surface area contributed by atoms with Gasteiger partial charge in [0.25, 0.3) is 0 Å². The zero-order valence-electron chi connectivity index (χ0n) is 27.2. The van der Waals surface area contributed by atoms with E-state index in [-0.39, 0.29) is 23.0 Å². The normalized spacial score (nSPS) is 17.8. The number of hydrogen-bond acceptors (Lipinski definition) is 6. The van der Waals surface area contributed by atoms with E-state index < -0.39 is 5.79 Å². The van der Waals surface area contributed by atoms with Crippen LogP contribution in [0.4, 0.5) is 0 Å². The second-order valence-corrected chi connectivity index (χ2v) is 13.5. The SMILES string of the molecule is CC(C)(Oc1ccc(C(C)(C)c2ccc(OCC3CO3)cc2)cc1)Oc1ccc(C(C)(C)c2ccc(OCC3CO3)cc2)cc1. The van der Waals surface area contributed by atoms with Crippen LogP contribution in [0, 0.1) is 0 Å². The van der Waals surface area contributed by atoms with Crippen LogP contribution in [0.1, 0.15) is 63.8 Å². The molecule has 0 N–H and O–H groups in total. The minimum absolute atomic E-state index is 0.181. The standard InChI is InChI=1S/C39H44O6/c1-37(2,27-7-15-31(16-8-27)40-23-35-25-42-35)29-11-19-33(20-12-29)44-39(5,6)45-34-21-13-30(14-22-34)38(3,4)28-9-17-32(18-10-28)41-24-36-26-43-36/h7-22,35-36H,23-26H2,1-6H3. The number of benzene rings is 4. The molecule has 2 heterocycles. The van der Waals surface area contributed by atoms with Crippen LogP contribution >= 0.6 is 0 Å². The van der Waals surface area contributed by atoms with E-state index in [4.69, 9.17) is 28.4 Å². The van der Waals surface area contributed by atoms with Gasteiger partial charge in [-0.05, 0) is 70.8 Å². The summed E-state index contributed by atoms with van der Waals surface area (Å²) in [4.78, 5) is 0. The van der Waals surface area contributed by atoms with Gasteiger partial charge in [-0.1, -0.05) is 76.2 Å². The van der Waals surface area contributed by atoms with Crippen molar-refractivity contribution >= 4 is 0 Å². The molecule has 0 bridgehead atoms. The molecule has 2 unspecified atom stereocenters. The Balaban J connectivity index is 1.05. The first-order valence-corrected chi connectivity index (χ1v) is 15.8. The van der Waals surface area contributed by atoms with Crippen molar-refractivity contribution in [1.82, 2.24) is 0 Å². The fourth-order valence-electron chi connectivity index (χ4n) is 5.44. The quantitative estimate of drug-likeness (QED) is 0.107. The summed E-state index contributed by atoms with van der Waals surface area (Å²) in [7, 11) is 0. The molecule has 236 valence electrons. The Labute approximate surface area is 267 Å². The van der Waals surface area contributed by atoms with Crippen LogP contribution in [-0.4, -0.2) is 44.4 Å². The first-order valence-electron chi connectivity index (χ1n) is 15.8. The molecule has 2 saturated heterocycles. The third-order valence-electron chi connectivity index (χ3n) is 8.71. The van der Waals surface area contributed by atoms with Crippen LogP contribution in [-0.2, 0) is 20.3 Å². The molecule has 45 heavy (non-hydrogen) atoms. The van der Waals surface area contributed by atoms with Crippen LogP contribution in [0.2, 0.25) is 0 Å². The van der Waals surface area contributed by atoms with Crippen molar-refractivity contribution in [2.45, 2.75) is 70.4 Å². The van der Waals surface area contributed by atoms with Gasteiger partial charge in [0.05, 0.1) is 13.2 Å². The molecule has 6 rings (SSSR count). The smallest absolute Gasteiger partial charge is 0.245 e. The maximum absolute atomic E-state index is 6.29. The minimum atomic E-state index is -0.864. The van der Waals surface area contributed by atoms with E-state index in [0.717, 1.165) is 36.2 Å². The van der Waals surface area contributed by atoms with Crippen molar-refractivity contribution in [3.8, 4) is 23.0 Å².